The van der Waals surface area contributed by atoms with Gasteiger partial charge >= 0.3 is 5.63 Å². The summed E-state index contributed by atoms with van der Waals surface area (Å²) >= 11 is 6.10. The molecule has 30 heavy (non-hydrogen) atoms. The van der Waals surface area contributed by atoms with E-state index >= 15 is 0 Å². The highest BCUT2D eigenvalue weighted by atomic mass is 35.5. The first-order valence-electron chi connectivity index (χ1n) is 10.0. The van der Waals surface area contributed by atoms with Gasteiger partial charge in [-0.3, -0.25) is 14.6 Å². The van der Waals surface area contributed by atoms with Crippen molar-refractivity contribution in [3.63, 3.8) is 0 Å². The van der Waals surface area contributed by atoms with Crippen LogP contribution in [0.4, 0.5) is 5.69 Å². The molecule has 0 spiro atoms. The van der Waals surface area contributed by atoms with Gasteiger partial charge in [-0.25, -0.2) is 4.79 Å². The Balaban J connectivity index is 1.34. The number of amides is 1. The lowest BCUT2D eigenvalue weighted by molar-refractivity contribution is -0.117. The Morgan fingerprint density at radius 1 is 1.07 bits per heavy atom. The molecule has 1 aliphatic rings. The summed E-state index contributed by atoms with van der Waals surface area (Å²) in [6.45, 7) is 6.22. The molecule has 0 unspecified atom stereocenters. The molecule has 1 amide bonds. The number of hydrogen-bond donors (Lipinski definition) is 1. The molecule has 2 aromatic carbocycles. The van der Waals surface area contributed by atoms with Gasteiger partial charge in [-0.15, -0.1) is 0 Å². The van der Waals surface area contributed by atoms with Crippen molar-refractivity contribution in [2.45, 2.75) is 13.5 Å². The normalized spacial score (nSPS) is 15.4. The van der Waals surface area contributed by atoms with E-state index < -0.39 is 0 Å². The van der Waals surface area contributed by atoms with Crippen LogP contribution in [0.1, 0.15) is 11.1 Å². The number of nitrogens with zero attached hydrogens (tertiary/aromatic N) is 2. The lowest BCUT2D eigenvalue weighted by Gasteiger charge is -2.34. The van der Waals surface area contributed by atoms with E-state index in [-0.39, 0.29) is 11.5 Å². The molecule has 1 N–H and O–H groups in total. The molecule has 0 aliphatic carbocycles. The monoisotopic (exact) mass is 425 g/mol. The molecule has 1 saturated heterocycles. The number of para-hydroxylation sites is 1. The molecule has 6 nitrogen and oxygen atoms in total. The first kappa shape index (κ1) is 20.6. The summed E-state index contributed by atoms with van der Waals surface area (Å²) in [5.41, 5.74) is 2.98. The highest BCUT2D eigenvalue weighted by Crippen LogP contribution is 2.21. The van der Waals surface area contributed by atoms with Crippen LogP contribution in [0, 0.1) is 6.92 Å². The lowest BCUT2D eigenvalue weighted by Crippen LogP contribution is -2.48. The first-order valence-corrected chi connectivity index (χ1v) is 10.4. The Bertz CT molecular complexity index is 1120. The number of fused-ring (bicyclic) bond motifs is 1. The summed E-state index contributed by atoms with van der Waals surface area (Å²) in [6.07, 6.45) is 0. The van der Waals surface area contributed by atoms with Crippen molar-refractivity contribution in [2.24, 2.45) is 0 Å². The molecular formula is C23H24ClN3O3. The molecule has 0 atom stereocenters. The van der Waals surface area contributed by atoms with Gasteiger partial charge in [0, 0.05) is 44.2 Å². The lowest BCUT2D eigenvalue weighted by atomic mass is 10.1. The number of piperazine rings is 1. The zero-order chi connectivity index (χ0) is 21.1. The maximum atomic E-state index is 12.3. The van der Waals surface area contributed by atoms with Crippen LogP contribution in [0.5, 0.6) is 0 Å². The number of aryl methyl sites for hydroxylation is 1. The van der Waals surface area contributed by atoms with Gasteiger partial charge in [0.15, 0.2) is 0 Å². The SMILES string of the molecule is Cc1ccc2c(CN3CCN(CC(=O)Nc4ccccc4Cl)CC3)cc(=O)oc2c1. The molecule has 1 aliphatic heterocycles. The van der Waals surface area contributed by atoms with Crippen LogP contribution < -0.4 is 10.9 Å². The summed E-state index contributed by atoms with van der Waals surface area (Å²) < 4.78 is 5.35. The van der Waals surface area contributed by atoms with Crippen molar-refractivity contribution in [3.8, 4) is 0 Å². The molecule has 2 heterocycles. The van der Waals surface area contributed by atoms with Gasteiger partial charge in [-0.2, -0.15) is 0 Å². The van der Waals surface area contributed by atoms with Crippen LogP contribution in [-0.4, -0.2) is 48.4 Å². The Hall–Kier alpha value is -2.67. The summed E-state index contributed by atoms with van der Waals surface area (Å²) in [5.74, 6) is -0.0708. The molecule has 0 bridgehead atoms. The van der Waals surface area contributed by atoms with Crippen molar-refractivity contribution in [2.75, 3.05) is 38.0 Å². The minimum Gasteiger partial charge on any atom is -0.423 e. The van der Waals surface area contributed by atoms with E-state index in [0.717, 1.165) is 42.7 Å². The van der Waals surface area contributed by atoms with Gasteiger partial charge in [0.1, 0.15) is 5.58 Å². The van der Waals surface area contributed by atoms with Gasteiger partial charge in [0.2, 0.25) is 5.91 Å². The quantitative estimate of drug-likeness (QED) is 0.634. The van der Waals surface area contributed by atoms with E-state index in [9.17, 15) is 9.59 Å². The van der Waals surface area contributed by atoms with Crippen molar-refractivity contribution in [1.29, 1.82) is 0 Å². The van der Waals surface area contributed by atoms with Crippen molar-refractivity contribution < 1.29 is 9.21 Å². The molecule has 0 radical (unpaired) electrons. The fourth-order valence-corrected chi connectivity index (χ4v) is 3.95. The minimum absolute atomic E-state index is 0.0708. The number of rotatable bonds is 5. The number of anilines is 1. The van der Waals surface area contributed by atoms with Crippen LogP contribution in [-0.2, 0) is 11.3 Å². The van der Waals surface area contributed by atoms with Gasteiger partial charge < -0.3 is 9.73 Å². The van der Waals surface area contributed by atoms with Gasteiger partial charge in [-0.1, -0.05) is 35.9 Å². The predicted molar refractivity (Wildman–Crippen MR) is 119 cm³/mol. The number of nitrogens with one attached hydrogen (secondary N) is 1. The molecule has 3 aromatic rings. The number of hydrogen-bond acceptors (Lipinski definition) is 5. The van der Waals surface area contributed by atoms with E-state index in [1.807, 2.05) is 37.3 Å². The molecule has 1 aromatic heterocycles. The molecular weight excluding hydrogens is 402 g/mol. The average molecular weight is 426 g/mol. The third kappa shape index (κ3) is 4.90. The maximum absolute atomic E-state index is 12.3. The first-order chi connectivity index (χ1) is 14.5. The van der Waals surface area contributed by atoms with E-state index in [0.29, 0.717) is 29.4 Å². The molecule has 1 fully saturated rings. The smallest absolute Gasteiger partial charge is 0.336 e. The molecule has 0 saturated carbocycles. The summed E-state index contributed by atoms with van der Waals surface area (Å²) in [5, 5.41) is 4.37. The molecule has 156 valence electrons. The zero-order valence-corrected chi connectivity index (χ0v) is 17.6. The standard InChI is InChI=1S/C23H24ClN3O3/c1-16-6-7-18-17(13-23(29)30-21(18)12-16)14-26-8-10-27(11-9-26)15-22(28)25-20-5-3-2-4-19(20)24/h2-7,12-13H,8-11,14-15H2,1H3,(H,25,28). The molecule has 7 heteroatoms. The summed E-state index contributed by atoms with van der Waals surface area (Å²) in [4.78, 5) is 28.7. The van der Waals surface area contributed by atoms with Crippen LogP contribution in [0.3, 0.4) is 0 Å². The second-order valence-corrected chi connectivity index (χ2v) is 8.08. The van der Waals surface area contributed by atoms with Crippen molar-refractivity contribution in [3.05, 3.63) is 75.1 Å². The van der Waals surface area contributed by atoms with Crippen LogP contribution >= 0.6 is 11.6 Å². The Kier molecular flexibility index (Phi) is 6.18. The predicted octanol–water partition coefficient (Wildman–Crippen LogP) is 3.51. The van der Waals surface area contributed by atoms with Gasteiger partial charge in [-0.05, 0) is 36.2 Å². The second kappa shape index (κ2) is 9.00. The van der Waals surface area contributed by atoms with Crippen molar-refractivity contribution >= 4 is 34.2 Å². The van der Waals surface area contributed by atoms with E-state index in [4.69, 9.17) is 16.0 Å². The Morgan fingerprint density at radius 3 is 2.57 bits per heavy atom. The summed E-state index contributed by atoms with van der Waals surface area (Å²) in [6, 6.07) is 14.7. The number of halogens is 1. The topological polar surface area (TPSA) is 65.8 Å². The van der Waals surface area contributed by atoms with E-state index in [2.05, 4.69) is 15.1 Å². The van der Waals surface area contributed by atoms with E-state index in [1.165, 1.54) is 0 Å². The second-order valence-electron chi connectivity index (χ2n) is 7.67. The van der Waals surface area contributed by atoms with Gasteiger partial charge in [0.05, 0.1) is 17.3 Å². The largest absolute Gasteiger partial charge is 0.423 e. The fourth-order valence-electron chi connectivity index (χ4n) is 3.77. The van der Waals surface area contributed by atoms with Crippen LogP contribution in [0.15, 0.2) is 57.7 Å². The van der Waals surface area contributed by atoms with Crippen molar-refractivity contribution in [1.82, 2.24) is 9.80 Å². The Labute approximate surface area is 180 Å². The number of benzene rings is 2. The minimum atomic E-state index is -0.321. The third-order valence-electron chi connectivity index (χ3n) is 5.36. The van der Waals surface area contributed by atoms with Crippen LogP contribution in [0.25, 0.3) is 11.0 Å². The number of carbonyl (C=O) groups is 1. The highest BCUT2D eigenvalue weighted by molar-refractivity contribution is 6.33. The molecule has 4 rings (SSSR count). The fraction of sp³-hybridized carbons (Fsp3) is 0.304. The summed E-state index contributed by atoms with van der Waals surface area (Å²) in [7, 11) is 0. The maximum Gasteiger partial charge on any atom is 0.336 e. The number of carbonyl (C=O) groups excluding carboxylic acids is 1. The van der Waals surface area contributed by atoms with Crippen LogP contribution in [0.2, 0.25) is 5.02 Å². The Morgan fingerprint density at radius 2 is 1.80 bits per heavy atom. The average Bonchev–Trinajstić information content (AvgIpc) is 2.70. The highest BCUT2D eigenvalue weighted by Gasteiger charge is 2.20. The third-order valence-corrected chi connectivity index (χ3v) is 5.69. The van der Waals surface area contributed by atoms with E-state index in [1.54, 1.807) is 18.2 Å². The zero-order valence-electron chi connectivity index (χ0n) is 16.9. The van der Waals surface area contributed by atoms with Gasteiger partial charge in [0.25, 0.3) is 0 Å².